The fourth-order valence-corrected chi connectivity index (χ4v) is 1.50. The van der Waals surface area contributed by atoms with Crippen molar-refractivity contribution < 1.29 is 4.42 Å². The van der Waals surface area contributed by atoms with Gasteiger partial charge in [-0.15, -0.1) is 0 Å². The molecule has 84 valence electrons. The summed E-state index contributed by atoms with van der Waals surface area (Å²) in [7, 11) is 0. The quantitative estimate of drug-likeness (QED) is 0.858. The van der Waals surface area contributed by atoms with Crippen molar-refractivity contribution in [2.75, 3.05) is 0 Å². The average molecular weight is 218 g/mol. The molecule has 0 bridgehead atoms. The fourth-order valence-electron chi connectivity index (χ4n) is 1.50. The maximum absolute atomic E-state index is 11.4. The standard InChI is InChI=1S/C12H14N2O2/c1-3-8-7-11(15)14-12(13-8)10-6-5-9(4-2)16-10/h5-7H,3-4H2,1-2H3,(H,13,14,15). The highest BCUT2D eigenvalue weighted by molar-refractivity contribution is 5.46. The SMILES string of the molecule is CCc1cc(=O)[nH]c(-c2ccc(CC)o2)n1. The van der Waals surface area contributed by atoms with Crippen LogP contribution in [0.3, 0.4) is 0 Å². The van der Waals surface area contributed by atoms with Crippen LogP contribution >= 0.6 is 0 Å². The number of nitrogens with zero attached hydrogens (tertiary/aromatic N) is 1. The summed E-state index contributed by atoms with van der Waals surface area (Å²) >= 11 is 0. The number of furan rings is 1. The summed E-state index contributed by atoms with van der Waals surface area (Å²) in [5, 5.41) is 0. The van der Waals surface area contributed by atoms with Gasteiger partial charge < -0.3 is 9.40 Å². The Kier molecular flexibility index (Phi) is 2.90. The second-order valence-electron chi connectivity index (χ2n) is 3.56. The third-order valence-electron chi connectivity index (χ3n) is 2.40. The fraction of sp³-hybridized carbons (Fsp3) is 0.333. The summed E-state index contributed by atoms with van der Waals surface area (Å²) in [4.78, 5) is 18.4. The number of aromatic amines is 1. The Balaban J connectivity index is 2.46. The molecule has 0 spiro atoms. The monoisotopic (exact) mass is 218 g/mol. The Labute approximate surface area is 93.3 Å². The molecule has 0 radical (unpaired) electrons. The first kappa shape index (κ1) is 10.7. The van der Waals surface area contributed by atoms with E-state index in [2.05, 4.69) is 9.97 Å². The molecule has 0 fully saturated rings. The first-order chi connectivity index (χ1) is 7.72. The summed E-state index contributed by atoms with van der Waals surface area (Å²) < 4.78 is 5.54. The number of rotatable bonds is 3. The molecular weight excluding hydrogens is 204 g/mol. The van der Waals surface area contributed by atoms with Crippen molar-refractivity contribution in [2.45, 2.75) is 26.7 Å². The highest BCUT2D eigenvalue weighted by Crippen LogP contribution is 2.17. The van der Waals surface area contributed by atoms with Crippen molar-refractivity contribution in [1.29, 1.82) is 0 Å². The zero-order valence-corrected chi connectivity index (χ0v) is 9.41. The Bertz CT molecular complexity index is 540. The molecule has 0 aliphatic carbocycles. The normalized spacial score (nSPS) is 10.6. The molecule has 0 aliphatic rings. The van der Waals surface area contributed by atoms with E-state index in [1.165, 1.54) is 6.07 Å². The molecule has 2 aromatic heterocycles. The highest BCUT2D eigenvalue weighted by atomic mass is 16.3. The summed E-state index contributed by atoms with van der Waals surface area (Å²) in [5.41, 5.74) is 0.629. The largest absolute Gasteiger partial charge is 0.458 e. The van der Waals surface area contributed by atoms with Crippen molar-refractivity contribution in [2.24, 2.45) is 0 Å². The van der Waals surface area contributed by atoms with Crippen LogP contribution in [0.25, 0.3) is 11.6 Å². The first-order valence-corrected chi connectivity index (χ1v) is 5.42. The third-order valence-corrected chi connectivity index (χ3v) is 2.40. The zero-order valence-electron chi connectivity index (χ0n) is 9.41. The van der Waals surface area contributed by atoms with Crippen LogP contribution in [-0.2, 0) is 12.8 Å². The van der Waals surface area contributed by atoms with Gasteiger partial charge in [0.25, 0.3) is 5.56 Å². The van der Waals surface area contributed by atoms with E-state index in [9.17, 15) is 4.79 Å². The predicted octanol–water partition coefficient (Wildman–Crippen LogP) is 2.15. The lowest BCUT2D eigenvalue weighted by atomic mass is 10.3. The van der Waals surface area contributed by atoms with Crippen molar-refractivity contribution >= 4 is 0 Å². The second kappa shape index (κ2) is 4.35. The first-order valence-electron chi connectivity index (χ1n) is 5.42. The van der Waals surface area contributed by atoms with Gasteiger partial charge in [-0.05, 0) is 18.6 Å². The van der Waals surface area contributed by atoms with Gasteiger partial charge in [0.1, 0.15) is 5.76 Å². The Morgan fingerprint density at radius 1 is 1.31 bits per heavy atom. The molecule has 16 heavy (non-hydrogen) atoms. The molecule has 0 atom stereocenters. The molecule has 2 heterocycles. The molecular formula is C12H14N2O2. The lowest BCUT2D eigenvalue weighted by Crippen LogP contribution is -2.09. The lowest BCUT2D eigenvalue weighted by molar-refractivity contribution is 0.525. The van der Waals surface area contributed by atoms with E-state index >= 15 is 0 Å². The number of aromatic nitrogens is 2. The van der Waals surface area contributed by atoms with Crippen LogP contribution in [-0.4, -0.2) is 9.97 Å². The summed E-state index contributed by atoms with van der Waals surface area (Å²) in [5.74, 6) is 2.01. The van der Waals surface area contributed by atoms with Gasteiger partial charge in [0.15, 0.2) is 11.6 Å². The average Bonchev–Trinajstić information content (AvgIpc) is 2.76. The van der Waals surface area contributed by atoms with E-state index in [-0.39, 0.29) is 5.56 Å². The van der Waals surface area contributed by atoms with Gasteiger partial charge in [-0.1, -0.05) is 13.8 Å². The van der Waals surface area contributed by atoms with Crippen LogP contribution in [0, 0.1) is 0 Å². The zero-order chi connectivity index (χ0) is 11.5. The minimum absolute atomic E-state index is 0.142. The molecule has 0 saturated heterocycles. The van der Waals surface area contributed by atoms with E-state index in [1.807, 2.05) is 26.0 Å². The molecule has 0 aromatic carbocycles. The van der Waals surface area contributed by atoms with Crippen molar-refractivity contribution in [1.82, 2.24) is 9.97 Å². The summed E-state index contributed by atoms with van der Waals surface area (Å²) in [6.07, 6.45) is 1.57. The minimum atomic E-state index is -0.142. The Hall–Kier alpha value is -1.84. The summed E-state index contributed by atoms with van der Waals surface area (Å²) in [6.45, 7) is 3.98. The maximum atomic E-state index is 11.4. The number of H-pyrrole nitrogens is 1. The third kappa shape index (κ3) is 2.05. The van der Waals surface area contributed by atoms with Crippen LogP contribution in [0.4, 0.5) is 0 Å². The van der Waals surface area contributed by atoms with Crippen molar-refractivity contribution in [3.05, 3.63) is 40.0 Å². The van der Waals surface area contributed by atoms with Gasteiger partial charge in [-0.25, -0.2) is 4.98 Å². The van der Waals surface area contributed by atoms with Crippen LogP contribution in [0.15, 0.2) is 27.4 Å². The Morgan fingerprint density at radius 3 is 2.75 bits per heavy atom. The van der Waals surface area contributed by atoms with Gasteiger partial charge in [0, 0.05) is 18.2 Å². The number of hydrogen-bond acceptors (Lipinski definition) is 3. The van der Waals surface area contributed by atoms with Gasteiger partial charge in [0.05, 0.1) is 0 Å². The van der Waals surface area contributed by atoms with Crippen LogP contribution in [0.1, 0.15) is 25.3 Å². The minimum Gasteiger partial charge on any atom is -0.458 e. The predicted molar refractivity (Wildman–Crippen MR) is 61.3 cm³/mol. The van der Waals surface area contributed by atoms with E-state index in [1.54, 1.807) is 0 Å². The summed E-state index contributed by atoms with van der Waals surface area (Å²) in [6, 6.07) is 5.23. The van der Waals surface area contributed by atoms with Gasteiger partial charge in [0.2, 0.25) is 0 Å². The Morgan fingerprint density at radius 2 is 2.12 bits per heavy atom. The van der Waals surface area contributed by atoms with E-state index < -0.39 is 0 Å². The van der Waals surface area contributed by atoms with E-state index in [0.717, 1.165) is 24.3 Å². The van der Waals surface area contributed by atoms with Gasteiger partial charge in [-0.3, -0.25) is 4.79 Å². The number of aryl methyl sites for hydroxylation is 2. The van der Waals surface area contributed by atoms with Crippen molar-refractivity contribution in [3.63, 3.8) is 0 Å². The highest BCUT2D eigenvalue weighted by Gasteiger charge is 2.07. The van der Waals surface area contributed by atoms with Gasteiger partial charge >= 0.3 is 0 Å². The smallest absolute Gasteiger partial charge is 0.251 e. The molecule has 4 nitrogen and oxygen atoms in total. The molecule has 2 rings (SSSR count). The van der Waals surface area contributed by atoms with Gasteiger partial charge in [-0.2, -0.15) is 0 Å². The lowest BCUT2D eigenvalue weighted by Gasteiger charge is -1.99. The molecule has 0 aliphatic heterocycles. The molecule has 0 amide bonds. The van der Waals surface area contributed by atoms with Crippen LogP contribution in [0.2, 0.25) is 0 Å². The van der Waals surface area contributed by atoms with Crippen LogP contribution in [0.5, 0.6) is 0 Å². The maximum Gasteiger partial charge on any atom is 0.251 e. The molecule has 4 heteroatoms. The number of hydrogen-bond donors (Lipinski definition) is 1. The molecule has 1 N–H and O–H groups in total. The van der Waals surface area contributed by atoms with E-state index in [4.69, 9.17) is 4.42 Å². The molecule has 0 saturated carbocycles. The topological polar surface area (TPSA) is 58.9 Å². The molecule has 0 unspecified atom stereocenters. The van der Waals surface area contributed by atoms with Crippen molar-refractivity contribution in [3.8, 4) is 11.6 Å². The molecule has 2 aromatic rings. The van der Waals surface area contributed by atoms with Crippen LogP contribution < -0.4 is 5.56 Å². The van der Waals surface area contributed by atoms with E-state index in [0.29, 0.717) is 11.6 Å². The number of nitrogens with one attached hydrogen (secondary N) is 1. The second-order valence-corrected chi connectivity index (χ2v) is 3.56.